The fraction of sp³-hybridized carbons (Fsp3) is 0.364. The average Bonchev–Trinajstić information content (AvgIpc) is 2.64. The lowest BCUT2D eigenvalue weighted by Crippen LogP contribution is -2.50. The minimum atomic E-state index is -0.589. The topological polar surface area (TPSA) is 49.4 Å². The lowest BCUT2D eigenvalue weighted by Gasteiger charge is -2.31. The zero-order valence-corrected chi connectivity index (χ0v) is 17.9. The molecule has 1 atom stereocenters. The van der Waals surface area contributed by atoms with E-state index in [-0.39, 0.29) is 30.8 Å². The number of hydrogen-bond acceptors (Lipinski definition) is 2. The molecule has 0 unspecified atom stereocenters. The molecule has 0 aromatic heterocycles. The summed E-state index contributed by atoms with van der Waals surface area (Å²) in [6.07, 6.45) is 0.618. The molecule has 0 aliphatic rings. The van der Waals surface area contributed by atoms with Crippen LogP contribution in [-0.2, 0) is 22.6 Å². The maximum absolute atomic E-state index is 13.2. The molecule has 0 heterocycles. The Bertz CT molecular complexity index is 824. The van der Waals surface area contributed by atoms with Crippen LogP contribution in [0, 0.1) is 0 Å². The summed E-state index contributed by atoms with van der Waals surface area (Å²) < 4.78 is 0. The summed E-state index contributed by atoms with van der Waals surface area (Å²) in [7, 11) is 0. The van der Waals surface area contributed by atoms with Crippen molar-refractivity contribution in [3.63, 3.8) is 0 Å². The molecule has 0 saturated heterocycles. The lowest BCUT2D eigenvalue weighted by molar-refractivity contribution is -0.141. The second-order valence-corrected chi connectivity index (χ2v) is 7.78. The second-order valence-electron chi connectivity index (χ2n) is 6.97. The Kier molecular flexibility index (Phi) is 8.34. The zero-order valence-electron chi connectivity index (χ0n) is 16.4. The summed E-state index contributed by atoms with van der Waals surface area (Å²) in [6.45, 7) is 5.95. The van der Waals surface area contributed by atoms with E-state index in [1.54, 1.807) is 17.0 Å². The third-order valence-corrected chi connectivity index (χ3v) is 5.15. The second kappa shape index (κ2) is 10.5. The lowest BCUT2D eigenvalue weighted by atomic mass is 10.1. The summed E-state index contributed by atoms with van der Waals surface area (Å²) in [5.74, 6) is -0.337. The first kappa shape index (κ1) is 22.3. The summed E-state index contributed by atoms with van der Waals surface area (Å²) in [6, 6.07) is 14.0. The van der Waals surface area contributed by atoms with Crippen LogP contribution in [0.3, 0.4) is 0 Å². The van der Waals surface area contributed by atoms with E-state index in [4.69, 9.17) is 23.2 Å². The van der Waals surface area contributed by atoms with E-state index in [0.29, 0.717) is 16.5 Å². The molecule has 0 spiro atoms. The Hall–Kier alpha value is -2.04. The maximum atomic E-state index is 13.2. The molecule has 6 heteroatoms. The summed E-state index contributed by atoms with van der Waals surface area (Å²) in [5.41, 5.74) is 1.53. The number of amides is 2. The Morgan fingerprint density at radius 2 is 1.50 bits per heavy atom. The van der Waals surface area contributed by atoms with Gasteiger partial charge in [-0.25, -0.2) is 0 Å². The number of carbonyl (C=O) groups excluding carboxylic acids is 2. The van der Waals surface area contributed by atoms with Gasteiger partial charge in [-0.1, -0.05) is 66.5 Å². The van der Waals surface area contributed by atoms with Crippen LogP contribution in [0.25, 0.3) is 0 Å². The number of carbonyl (C=O) groups is 2. The monoisotopic (exact) mass is 420 g/mol. The molecule has 1 N–H and O–H groups in total. The van der Waals surface area contributed by atoms with Gasteiger partial charge in [0.2, 0.25) is 11.8 Å². The van der Waals surface area contributed by atoms with Gasteiger partial charge in [-0.05, 0) is 43.5 Å². The van der Waals surface area contributed by atoms with Crippen LogP contribution in [0.5, 0.6) is 0 Å². The van der Waals surface area contributed by atoms with Crippen molar-refractivity contribution in [2.45, 2.75) is 52.2 Å². The van der Waals surface area contributed by atoms with E-state index in [1.165, 1.54) is 0 Å². The Morgan fingerprint density at radius 3 is 2.00 bits per heavy atom. The number of nitrogens with one attached hydrogen (secondary N) is 1. The highest BCUT2D eigenvalue weighted by Gasteiger charge is 2.29. The van der Waals surface area contributed by atoms with Gasteiger partial charge in [0, 0.05) is 22.6 Å². The van der Waals surface area contributed by atoms with E-state index < -0.39 is 6.04 Å². The van der Waals surface area contributed by atoms with Gasteiger partial charge in [-0.2, -0.15) is 0 Å². The number of nitrogens with zero attached hydrogens (tertiary/aromatic N) is 1. The Balaban J connectivity index is 2.33. The quantitative estimate of drug-likeness (QED) is 0.661. The van der Waals surface area contributed by atoms with Crippen molar-refractivity contribution in [3.8, 4) is 0 Å². The Morgan fingerprint density at radius 1 is 0.964 bits per heavy atom. The third kappa shape index (κ3) is 5.98. The molecule has 4 nitrogen and oxygen atoms in total. The van der Waals surface area contributed by atoms with Crippen molar-refractivity contribution < 1.29 is 9.59 Å². The van der Waals surface area contributed by atoms with Gasteiger partial charge >= 0.3 is 0 Å². The molecular weight excluding hydrogens is 395 g/mol. The average molecular weight is 421 g/mol. The first-order chi connectivity index (χ1) is 13.3. The molecule has 0 bridgehead atoms. The van der Waals surface area contributed by atoms with Crippen LogP contribution in [0.4, 0.5) is 0 Å². The molecule has 2 aromatic rings. The minimum Gasteiger partial charge on any atom is -0.352 e. The van der Waals surface area contributed by atoms with Gasteiger partial charge in [0.1, 0.15) is 6.04 Å². The van der Waals surface area contributed by atoms with Crippen molar-refractivity contribution >= 4 is 35.0 Å². The van der Waals surface area contributed by atoms with E-state index in [1.807, 2.05) is 57.2 Å². The van der Waals surface area contributed by atoms with Crippen molar-refractivity contribution in [1.82, 2.24) is 10.2 Å². The van der Waals surface area contributed by atoms with Crippen molar-refractivity contribution in [2.24, 2.45) is 0 Å². The molecule has 2 aromatic carbocycles. The molecule has 0 radical (unpaired) electrons. The fourth-order valence-corrected chi connectivity index (χ4v) is 3.41. The molecule has 150 valence electrons. The van der Waals surface area contributed by atoms with Gasteiger partial charge in [0.15, 0.2) is 0 Å². The first-order valence-corrected chi connectivity index (χ1v) is 10.2. The van der Waals surface area contributed by atoms with E-state index in [0.717, 1.165) is 11.1 Å². The van der Waals surface area contributed by atoms with E-state index >= 15 is 0 Å². The van der Waals surface area contributed by atoms with E-state index in [9.17, 15) is 9.59 Å². The first-order valence-electron chi connectivity index (χ1n) is 9.40. The molecule has 0 aliphatic heterocycles. The summed E-state index contributed by atoms with van der Waals surface area (Å²) >= 11 is 12.5. The summed E-state index contributed by atoms with van der Waals surface area (Å²) in [4.78, 5) is 27.6. The van der Waals surface area contributed by atoms with Crippen LogP contribution < -0.4 is 5.32 Å². The predicted octanol–water partition coefficient (Wildman–Crippen LogP) is 4.87. The summed E-state index contributed by atoms with van der Waals surface area (Å²) in [5, 5.41) is 4.02. The number of halogens is 2. The van der Waals surface area contributed by atoms with Crippen LogP contribution >= 0.6 is 23.2 Å². The van der Waals surface area contributed by atoms with Crippen molar-refractivity contribution in [1.29, 1.82) is 0 Å². The molecule has 2 amide bonds. The van der Waals surface area contributed by atoms with Gasteiger partial charge in [-0.3, -0.25) is 9.59 Å². The van der Waals surface area contributed by atoms with Gasteiger partial charge in [0.25, 0.3) is 0 Å². The normalized spacial score (nSPS) is 11.9. The largest absolute Gasteiger partial charge is 0.352 e. The molecule has 2 rings (SSSR count). The smallest absolute Gasteiger partial charge is 0.243 e. The maximum Gasteiger partial charge on any atom is 0.243 e. The molecule has 0 aliphatic carbocycles. The molecule has 28 heavy (non-hydrogen) atoms. The van der Waals surface area contributed by atoms with Gasteiger partial charge in [-0.15, -0.1) is 0 Å². The number of benzene rings is 2. The predicted molar refractivity (Wildman–Crippen MR) is 115 cm³/mol. The standard InChI is InChI=1S/C22H26Cl2N2O2/c1-4-20(22(28)25-15(2)3)26(14-17-10-6-8-12-19(17)24)21(27)13-16-9-5-7-11-18(16)23/h5-12,15,20H,4,13-14H2,1-3H3,(H,25,28)/t20-/m0/s1. The SMILES string of the molecule is CC[C@@H](C(=O)NC(C)C)N(Cc1ccccc1Cl)C(=O)Cc1ccccc1Cl. The van der Waals surface area contributed by atoms with Crippen molar-refractivity contribution in [3.05, 3.63) is 69.7 Å². The van der Waals surface area contributed by atoms with Crippen LogP contribution in [0.2, 0.25) is 10.0 Å². The van der Waals surface area contributed by atoms with Crippen LogP contribution in [-0.4, -0.2) is 28.8 Å². The molecular formula is C22H26Cl2N2O2. The third-order valence-electron chi connectivity index (χ3n) is 4.41. The molecule has 0 fully saturated rings. The number of hydrogen-bond donors (Lipinski definition) is 1. The molecule has 0 saturated carbocycles. The van der Waals surface area contributed by atoms with E-state index in [2.05, 4.69) is 5.32 Å². The van der Waals surface area contributed by atoms with Crippen LogP contribution in [0.1, 0.15) is 38.3 Å². The highest BCUT2D eigenvalue weighted by atomic mass is 35.5. The highest BCUT2D eigenvalue weighted by Crippen LogP contribution is 2.22. The van der Waals surface area contributed by atoms with Gasteiger partial charge in [0.05, 0.1) is 6.42 Å². The highest BCUT2D eigenvalue weighted by molar-refractivity contribution is 6.31. The zero-order chi connectivity index (χ0) is 20.7. The van der Waals surface area contributed by atoms with Crippen molar-refractivity contribution in [2.75, 3.05) is 0 Å². The van der Waals surface area contributed by atoms with Gasteiger partial charge < -0.3 is 10.2 Å². The number of rotatable bonds is 8. The minimum absolute atomic E-state index is 0.0117. The fourth-order valence-electron chi connectivity index (χ4n) is 3.02. The van der Waals surface area contributed by atoms with Crippen LogP contribution in [0.15, 0.2) is 48.5 Å². The Labute approximate surface area is 176 Å².